The Morgan fingerprint density at radius 2 is 1.78 bits per heavy atom. The van der Waals surface area contributed by atoms with Crippen LogP contribution in [-0.4, -0.2) is 6.26 Å². The van der Waals surface area contributed by atoms with Gasteiger partial charge in [-0.2, -0.15) is 0 Å². The molecule has 0 aliphatic carbocycles. The van der Waals surface area contributed by atoms with Crippen molar-refractivity contribution in [3.8, 4) is 11.5 Å². The summed E-state index contributed by atoms with van der Waals surface area (Å²) < 4.78 is 5.80. The monoisotopic (exact) mass is 259 g/mol. The van der Waals surface area contributed by atoms with Crippen LogP contribution in [0.3, 0.4) is 0 Å². The van der Waals surface area contributed by atoms with Crippen LogP contribution in [0.15, 0.2) is 53.4 Å². The highest BCUT2D eigenvalue weighted by Gasteiger charge is 2.02. The van der Waals surface area contributed by atoms with Crippen LogP contribution in [-0.2, 0) is 0 Å². The maximum Gasteiger partial charge on any atom is 0.127 e. The summed E-state index contributed by atoms with van der Waals surface area (Å²) in [4.78, 5) is 1.23. The lowest BCUT2D eigenvalue weighted by Crippen LogP contribution is -2.04. The average molecular weight is 259 g/mol. The lowest BCUT2D eigenvalue weighted by atomic mass is 10.1. The maximum atomic E-state index is 5.86. The zero-order valence-electron chi connectivity index (χ0n) is 10.6. The summed E-state index contributed by atoms with van der Waals surface area (Å²) in [7, 11) is 0. The number of hydrogen-bond donors (Lipinski definition) is 1. The Morgan fingerprint density at radius 3 is 2.39 bits per heavy atom. The van der Waals surface area contributed by atoms with Gasteiger partial charge in [0.2, 0.25) is 0 Å². The molecular formula is C15H17NOS. The van der Waals surface area contributed by atoms with Gasteiger partial charge in [0, 0.05) is 10.9 Å². The highest BCUT2D eigenvalue weighted by Crippen LogP contribution is 2.25. The molecule has 0 radical (unpaired) electrons. The molecule has 0 aromatic heterocycles. The Kier molecular flexibility index (Phi) is 4.28. The van der Waals surface area contributed by atoms with Crippen LogP contribution >= 0.6 is 11.8 Å². The number of thioether (sulfide) groups is 1. The van der Waals surface area contributed by atoms with Crippen molar-refractivity contribution in [3.63, 3.8) is 0 Å². The molecule has 0 amide bonds. The molecule has 0 aliphatic heterocycles. The molecule has 0 saturated heterocycles. The standard InChI is InChI=1S/C15H17NOS/c1-11(16)12-4-3-5-14(10-12)17-13-6-8-15(18-2)9-7-13/h3-11H,16H2,1-2H3. The number of rotatable bonds is 4. The van der Waals surface area contributed by atoms with E-state index in [1.807, 2.05) is 43.3 Å². The van der Waals surface area contributed by atoms with Gasteiger partial charge >= 0.3 is 0 Å². The Bertz CT molecular complexity index is 508. The van der Waals surface area contributed by atoms with Crippen molar-refractivity contribution in [2.75, 3.05) is 6.26 Å². The smallest absolute Gasteiger partial charge is 0.127 e. The van der Waals surface area contributed by atoms with Crippen molar-refractivity contribution in [3.05, 3.63) is 54.1 Å². The average Bonchev–Trinajstić information content (AvgIpc) is 2.40. The van der Waals surface area contributed by atoms with Gasteiger partial charge in [0.1, 0.15) is 11.5 Å². The van der Waals surface area contributed by atoms with Crippen LogP contribution in [0, 0.1) is 0 Å². The van der Waals surface area contributed by atoms with Gasteiger partial charge in [0.05, 0.1) is 0 Å². The molecule has 0 bridgehead atoms. The lowest BCUT2D eigenvalue weighted by molar-refractivity contribution is 0.481. The predicted molar refractivity (Wildman–Crippen MR) is 77.3 cm³/mol. The molecule has 0 aliphatic rings. The van der Waals surface area contributed by atoms with Crippen LogP contribution in [0.4, 0.5) is 0 Å². The van der Waals surface area contributed by atoms with E-state index in [9.17, 15) is 0 Å². The van der Waals surface area contributed by atoms with Gasteiger partial charge in [0.15, 0.2) is 0 Å². The van der Waals surface area contributed by atoms with Crippen LogP contribution in [0.1, 0.15) is 18.5 Å². The molecule has 0 saturated carbocycles. The zero-order chi connectivity index (χ0) is 13.0. The first kappa shape index (κ1) is 13.0. The zero-order valence-corrected chi connectivity index (χ0v) is 11.4. The van der Waals surface area contributed by atoms with Gasteiger partial charge in [0.25, 0.3) is 0 Å². The first-order valence-corrected chi connectivity index (χ1v) is 7.09. The Morgan fingerprint density at radius 1 is 1.06 bits per heavy atom. The highest BCUT2D eigenvalue weighted by molar-refractivity contribution is 7.98. The second kappa shape index (κ2) is 5.94. The predicted octanol–water partition coefficient (Wildman–Crippen LogP) is 4.22. The summed E-state index contributed by atoms with van der Waals surface area (Å²) >= 11 is 1.72. The minimum Gasteiger partial charge on any atom is -0.457 e. The fourth-order valence-corrected chi connectivity index (χ4v) is 2.05. The summed E-state index contributed by atoms with van der Waals surface area (Å²) in [6.45, 7) is 1.96. The Balaban J connectivity index is 2.15. The van der Waals surface area contributed by atoms with E-state index in [1.54, 1.807) is 11.8 Å². The summed E-state index contributed by atoms with van der Waals surface area (Å²) in [5.41, 5.74) is 6.93. The molecular weight excluding hydrogens is 242 g/mol. The molecule has 3 heteroatoms. The minimum atomic E-state index is 0.0208. The molecule has 0 heterocycles. The van der Waals surface area contributed by atoms with Crippen molar-refractivity contribution in [1.82, 2.24) is 0 Å². The van der Waals surface area contributed by atoms with E-state index in [4.69, 9.17) is 10.5 Å². The van der Waals surface area contributed by atoms with E-state index in [0.29, 0.717) is 0 Å². The molecule has 2 aromatic carbocycles. The topological polar surface area (TPSA) is 35.2 Å². The van der Waals surface area contributed by atoms with Gasteiger partial charge in [-0.3, -0.25) is 0 Å². The molecule has 2 rings (SSSR count). The molecule has 0 spiro atoms. The third-order valence-electron chi connectivity index (χ3n) is 2.68. The van der Waals surface area contributed by atoms with Crippen LogP contribution in [0.5, 0.6) is 11.5 Å². The Labute approximate surface area is 112 Å². The van der Waals surface area contributed by atoms with Gasteiger partial charge < -0.3 is 10.5 Å². The van der Waals surface area contributed by atoms with Gasteiger partial charge in [-0.15, -0.1) is 11.8 Å². The van der Waals surface area contributed by atoms with E-state index in [-0.39, 0.29) is 6.04 Å². The van der Waals surface area contributed by atoms with E-state index in [2.05, 4.69) is 18.4 Å². The van der Waals surface area contributed by atoms with Crippen molar-refractivity contribution in [1.29, 1.82) is 0 Å². The first-order valence-electron chi connectivity index (χ1n) is 5.86. The molecule has 2 nitrogen and oxygen atoms in total. The van der Waals surface area contributed by atoms with Crippen LogP contribution in [0.25, 0.3) is 0 Å². The largest absolute Gasteiger partial charge is 0.457 e. The van der Waals surface area contributed by atoms with Crippen LogP contribution in [0.2, 0.25) is 0 Å². The number of nitrogens with two attached hydrogens (primary N) is 1. The fraction of sp³-hybridized carbons (Fsp3) is 0.200. The summed E-state index contributed by atoms with van der Waals surface area (Å²) in [6.07, 6.45) is 2.06. The number of benzene rings is 2. The lowest BCUT2D eigenvalue weighted by Gasteiger charge is -2.10. The highest BCUT2D eigenvalue weighted by atomic mass is 32.2. The maximum absolute atomic E-state index is 5.86. The fourth-order valence-electron chi connectivity index (χ4n) is 1.64. The van der Waals surface area contributed by atoms with Gasteiger partial charge in [-0.25, -0.2) is 0 Å². The third kappa shape index (κ3) is 3.28. The van der Waals surface area contributed by atoms with Crippen LogP contribution < -0.4 is 10.5 Å². The van der Waals surface area contributed by atoms with Crippen molar-refractivity contribution < 1.29 is 4.74 Å². The molecule has 2 N–H and O–H groups in total. The van der Waals surface area contributed by atoms with Gasteiger partial charge in [-0.05, 0) is 55.1 Å². The third-order valence-corrected chi connectivity index (χ3v) is 3.42. The molecule has 2 aromatic rings. The second-order valence-electron chi connectivity index (χ2n) is 4.14. The molecule has 94 valence electrons. The SMILES string of the molecule is CSc1ccc(Oc2cccc(C(C)N)c2)cc1. The van der Waals surface area contributed by atoms with Crippen molar-refractivity contribution in [2.24, 2.45) is 5.73 Å². The molecule has 18 heavy (non-hydrogen) atoms. The minimum absolute atomic E-state index is 0.0208. The first-order chi connectivity index (χ1) is 8.69. The van der Waals surface area contributed by atoms with Crippen molar-refractivity contribution >= 4 is 11.8 Å². The van der Waals surface area contributed by atoms with E-state index in [1.165, 1.54) is 4.90 Å². The normalized spacial score (nSPS) is 12.2. The molecule has 1 atom stereocenters. The number of hydrogen-bond acceptors (Lipinski definition) is 3. The second-order valence-corrected chi connectivity index (χ2v) is 5.02. The summed E-state index contributed by atoms with van der Waals surface area (Å²) in [5, 5.41) is 0. The van der Waals surface area contributed by atoms with E-state index < -0.39 is 0 Å². The molecule has 1 unspecified atom stereocenters. The number of ether oxygens (including phenoxy) is 1. The molecule has 0 fully saturated rings. The van der Waals surface area contributed by atoms with Gasteiger partial charge in [-0.1, -0.05) is 12.1 Å². The summed E-state index contributed by atoms with van der Waals surface area (Å²) in [6, 6.07) is 16.0. The van der Waals surface area contributed by atoms with Crippen molar-refractivity contribution in [2.45, 2.75) is 17.9 Å². The summed E-state index contributed by atoms with van der Waals surface area (Å²) in [5.74, 6) is 1.66. The van der Waals surface area contributed by atoms with E-state index >= 15 is 0 Å². The Hall–Kier alpha value is -1.45. The quantitative estimate of drug-likeness (QED) is 0.835. The van der Waals surface area contributed by atoms with E-state index in [0.717, 1.165) is 17.1 Å².